The van der Waals surface area contributed by atoms with Crippen LogP contribution in [0.1, 0.15) is 37.7 Å². The lowest BCUT2D eigenvalue weighted by atomic mass is 10.0. The summed E-state index contributed by atoms with van der Waals surface area (Å²) in [6.45, 7) is 3.18. The van der Waals surface area contributed by atoms with Crippen molar-refractivity contribution in [2.24, 2.45) is 0 Å². The Morgan fingerprint density at radius 1 is 1.14 bits per heavy atom. The van der Waals surface area contributed by atoms with Crippen LogP contribution in [0.15, 0.2) is 30.3 Å². The molecule has 2 bridgehead atoms. The largest absolute Gasteiger partial charge is 0.365 e. The molecular weight excluding hydrogens is 388 g/mol. The van der Waals surface area contributed by atoms with Crippen LogP contribution in [0, 0.1) is 0 Å². The van der Waals surface area contributed by atoms with Gasteiger partial charge in [-0.1, -0.05) is 42.5 Å². The Labute approximate surface area is 176 Å². The van der Waals surface area contributed by atoms with Crippen molar-refractivity contribution in [3.8, 4) is 0 Å². The molecule has 0 spiro atoms. The molecule has 0 unspecified atom stereocenters. The first-order valence-electron chi connectivity index (χ1n) is 10.5. The van der Waals surface area contributed by atoms with Crippen LogP contribution in [0.5, 0.6) is 0 Å². The smallest absolute Gasteiger partial charge is 0.345 e. The van der Waals surface area contributed by atoms with Crippen molar-refractivity contribution in [1.82, 2.24) is 20.2 Å². The number of amides is 3. The summed E-state index contributed by atoms with van der Waals surface area (Å²) in [6, 6.07) is 9.11. The fourth-order valence-corrected chi connectivity index (χ4v) is 4.58. The van der Waals surface area contributed by atoms with Crippen LogP contribution in [0.4, 0.5) is 4.79 Å². The number of urea groups is 1. The summed E-state index contributed by atoms with van der Waals surface area (Å²) in [6.07, 6.45) is 4.95. The average molecular weight is 417 g/mol. The Kier molecular flexibility index (Phi) is 6.30. The summed E-state index contributed by atoms with van der Waals surface area (Å²) in [5.41, 5.74) is 1.01. The van der Waals surface area contributed by atoms with Gasteiger partial charge in [0.05, 0.1) is 17.6 Å². The van der Waals surface area contributed by atoms with Crippen LogP contribution in [0.25, 0.3) is 0 Å². The van der Waals surface area contributed by atoms with Crippen LogP contribution in [0.3, 0.4) is 0 Å². The van der Waals surface area contributed by atoms with Crippen LogP contribution in [-0.4, -0.2) is 70.1 Å². The molecule has 0 aliphatic carbocycles. The molecule has 1 aromatic rings. The second kappa shape index (κ2) is 9.09. The van der Waals surface area contributed by atoms with Crippen molar-refractivity contribution < 1.29 is 14.4 Å². The molecule has 3 heterocycles. The van der Waals surface area contributed by atoms with Gasteiger partial charge in [0.2, 0.25) is 5.91 Å². The number of hydrogen-bond acceptors (Lipinski definition) is 4. The van der Waals surface area contributed by atoms with E-state index in [1.54, 1.807) is 4.90 Å². The first-order valence-corrected chi connectivity index (χ1v) is 10.9. The molecule has 29 heavy (non-hydrogen) atoms. The van der Waals surface area contributed by atoms with E-state index in [-0.39, 0.29) is 18.0 Å². The van der Waals surface area contributed by atoms with E-state index < -0.39 is 6.04 Å². The molecule has 2 atom stereocenters. The third-order valence-electron chi connectivity index (χ3n) is 5.96. The van der Waals surface area contributed by atoms with Crippen molar-refractivity contribution in [3.63, 3.8) is 0 Å². The van der Waals surface area contributed by atoms with Gasteiger partial charge in [0, 0.05) is 19.6 Å². The molecule has 8 heteroatoms. The van der Waals surface area contributed by atoms with Crippen molar-refractivity contribution in [1.29, 1.82) is 0 Å². The van der Waals surface area contributed by atoms with Gasteiger partial charge in [-0.15, -0.1) is 0 Å². The summed E-state index contributed by atoms with van der Waals surface area (Å²) in [7, 11) is 0. The molecule has 3 amide bonds. The molecule has 1 aromatic carbocycles. The molecule has 0 aromatic heterocycles. The molecule has 1 N–H and O–H groups in total. The number of carbonyl (C=O) groups is 2. The van der Waals surface area contributed by atoms with Gasteiger partial charge >= 0.3 is 6.03 Å². The lowest BCUT2D eigenvalue weighted by Gasteiger charge is -2.31. The van der Waals surface area contributed by atoms with E-state index in [0.717, 1.165) is 42.9 Å². The zero-order valence-electron chi connectivity index (χ0n) is 16.6. The summed E-state index contributed by atoms with van der Waals surface area (Å²) < 4.78 is 0. The molecule has 156 valence electrons. The van der Waals surface area contributed by atoms with E-state index in [1.165, 1.54) is 11.5 Å². The quantitative estimate of drug-likeness (QED) is 0.721. The van der Waals surface area contributed by atoms with Gasteiger partial charge in [-0.05, 0) is 37.7 Å². The topological polar surface area (TPSA) is 65.1 Å². The lowest BCUT2D eigenvalue weighted by Crippen LogP contribution is -2.51. The van der Waals surface area contributed by atoms with Gasteiger partial charge in [-0.3, -0.25) is 9.63 Å². The minimum atomic E-state index is -0.451. The number of rotatable bonds is 6. The van der Waals surface area contributed by atoms with Crippen LogP contribution in [0.2, 0.25) is 0 Å². The van der Waals surface area contributed by atoms with E-state index in [2.05, 4.69) is 10.2 Å². The Morgan fingerprint density at radius 3 is 2.66 bits per heavy atom. The maximum Gasteiger partial charge on any atom is 0.345 e. The number of benzene rings is 1. The SMILES string of the molecule is O=C(NCC(=S)N1CCCCC1)[C@@H]1CC[C@@H]2CN1C(=O)N2OCc1ccccc1. The third-order valence-corrected chi connectivity index (χ3v) is 6.36. The number of nitrogens with one attached hydrogen (secondary N) is 1. The number of hydrogen-bond donors (Lipinski definition) is 1. The first kappa shape index (κ1) is 20.1. The van der Waals surface area contributed by atoms with Gasteiger partial charge in [-0.25, -0.2) is 4.79 Å². The van der Waals surface area contributed by atoms with Gasteiger partial charge in [0.15, 0.2) is 0 Å². The predicted molar refractivity (Wildman–Crippen MR) is 113 cm³/mol. The number of carbonyl (C=O) groups excluding carboxylic acids is 2. The highest BCUT2D eigenvalue weighted by Crippen LogP contribution is 2.30. The maximum atomic E-state index is 12.8. The van der Waals surface area contributed by atoms with Gasteiger partial charge in [0.1, 0.15) is 12.6 Å². The second-order valence-corrected chi connectivity index (χ2v) is 8.40. The number of hydroxylamine groups is 2. The van der Waals surface area contributed by atoms with Crippen molar-refractivity contribution in [2.45, 2.75) is 50.8 Å². The standard InChI is InChI=1S/C21H28N4O3S/c26-20(22-13-19(29)23-11-5-2-6-12-23)18-10-9-17-14-24(18)21(27)25(17)28-15-16-7-3-1-4-8-16/h1,3-4,7-8,17-18H,2,5-6,9-15H2,(H,22,26)/t17-,18+/m1/s1. The molecular formula is C21H28N4O3S. The number of fused-ring (bicyclic) bond motifs is 2. The molecule has 3 saturated heterocycles. The number of thiocarbonyl (C=S) groups is 1. The zero-order valence-corrected chi connectivity index (χ0v) is 17.4. The fraction of sp³-hybridized carbons (Fsp3) is 0.571. The first-order chi connectivity index (χ1) is 14.1. The van der Waals surface area contributed by atoms with E-state index in [1.807, 2.05) is 30.3 Å². The number of likely N-dealkylation sites (tertiary alicyclic amines) is 1. The normalized spacial score (nSPS) is 24.0. The predicted octanol–water partition coefficient (Wildman–Crippen LogP) is 2.32. The van der Waals surface area contributed by atoms with Gasteiger partial charge < -0.3 is 15.1 Å². The van der Waals surface area contributed by atoms with Crippen molar-refractivity contribution in [2.75, 3.05) is 26.2 Å². The zero-order chi connectivity index (χ0) is 20.2. The highest BCUT2D eigenvalue weighted by molar-refractivity contribution is 7.80. The van der Waals surface area contributed by atoms with Gasteiger partial charge in [-0.2, -0.15) is 5.06 Å². The highest BCUT2D eigenvalue weighted by Gasteiger charge is 2.47. The summed E-state index contributed by atoms with van der Waals surface area (Å²) in [4.78, 5) is 36.0. The third kappa shape index (κ3) is 4.53. The van der Waals surface area contributed by atoms with Gasteiger partial charge in [0.25, 0.3) is 0 Å². The monoisotopic (exact) mass is 416 g/mol. The van der Waals surface area contributed by atoms with Crippen molar-refractivity contribution >= 4 is 29.1 Å². The minimum Gasteiger partial charge on any atom is -0.365 e. The molecule has 3 aliphatic rings. The summed E-state index contributed by atoms with van der Waals surface area (Å²) >= 11 is 5.49. The average Bonchev–Trinajstić information content (AvgIpc) is 3.01. The minimum absolute atomic E-state index is 0.00434. The molecule has 0 radical (unpaired) electrons. The Balaban J connectivity index is 1.29. The Bertz CT molecular complexity index is 754. The van der Waals surface area contributed by atoms with Crippen LogP contribution >= 0.6 is 12.2 Å². The second-order valence-electron chi connectivity index (χ2n) is 7.93. The van der Waals surface area contributed by atoms with Crippen LogP contribution < -0.4 is 5.32 Å². The molecule has 4 rings (SSSR count). The van der Waals surface area contributed by atoms with E-state index >= 15 is 0 Å². The molecule has 0 saturated carbocycles. The number of nitrogens with zero attached hydrogens (tertiary/aromatic N) is 3. The molecule has 7 nitrogen and oxygen atoms in total. The van der Waals surface area contributed by atoms with E-state index in [9.17, 15) is 9.59 Å². The Morgan fingerprint density at radius 2 is 1.90 bits per heavy atom. The van der Waals surface area contributed by atoms with Crippen LogP contribution in [-0.2, 0) is 16.2 Å². The highest BCUT2D eigenvalue weighted by atomic mass is 32.1. The molecule has 3 fully saturated rings. The Hall–Kier alpha value is -2.19. The summed E-state index contributed by atoms with van der Waals surface area (Å²) in [5, 5.41) is 4.41. The maximum absolute atomic E-state index is 12.8. The van der Waals surface area contributed by atoms with Crippen molar-refractivity contribution in [3.05, 3.63) is 35.9 Å². The lowest BCUT2D eigenvalue weighted by molar-refractivity contribution is -0.140. The van der Waals surface area contributed by atoms with E-state index in [4.69, 9.17) is 17.1 Å². The summed E-state index contributed by atoms with van der Waals surface area (Å²) in [5.74, 6) is -0.124. The number of piperidine rings is 2. The van der Waals surface area contributed by atoms with E-state index in [0.29, 0.717) is 26.1 Å². The molecule has 3 aliphatic heterocycles. The fourth-order valence-electron chi connectivity index (χ4n) is 4.32.